The van der Waals surface area contributed by atoms with Gasteiger partial charge in [0.25, 0.3) is 0 Å². The minimum Gasteiger partial charge on any atom is -0.495 e. The van der Waals surface area contributed by atoms with Gasteiger partial charge in [-0.1, -0.05) is 18.7 Å². The molecule has 110 valence electrons. The van der Waals surface area contributed by atoms with Gasteiger partial charge in [0.2, 0.25) is 0 Å². The lowest BCUT2D eigenvalue weighted by Gasteiger charge is -2.21. The first-order valence-electron chi connectivity index (χ1n) is 6.86. The van der Waals surface area contributed by atoms with Crippen LogP contribution in [0.25, 0.3) is 6.08 Å². The Morgan fingerprint density at radius 1 is 1.38 bits per heavy atom. The summed E-state index contributed by atoms with van der Waals surface area (Å²) in [7, 11) is 3.73. The number of nitrogens with one attached hydrogen (secondary N) is 1. The fourth-order valence-corrected chi connectivity index (χ4v) is 2.32. The van der Waals surface area contributed by atoms with Crippen molar-refractivity contribution in [1.82, 2.24) is 4.98 Å². The van der Waals surface area contributed by atoms with E-state index in [1.165, 1.54) is 0 Å². The third-order valence-corrected chi connectivity index (χ3v) is 3.33. The molecule has 0 aliphatic rings. The summed E-state index contributed by atoms with van der Waals surface area (Å²) in [4.78, 5) is 9.79. The predicted molar refractivity (Wildman–Crippen MR) is 89.8 cm³/mol. The van der Waals surface area contributed by atoms with Gasteiger partial charge in [-0.25, -0.2) is 0 Å². The van der Waals surface area contributed by atoms with Crippen molar-refractivity contribution in [3.63, 3.8) is 0 Å². The van der Waals surface area contributed by atoms with Gasteiger partial charge in [-0.2, -0.15) is 0 Å². The van der Waals surface area contributed by atoms with Gasteiger partial charge in [-0.15, -0.1) is 0 Å². The molecule has 21 heavy (non-hydrogen) atoms. The van der Waals surface area contributed by atoms with Crippen LogP contribution in [-0.4, -0.2) is 25.4 Å². The summed E-state index contributed by atoms with van der Waals surface area (Å²) in [6.45, 7) is 6.46. The largest absolute Gasteiger partial charge is 0.495 e. The highest BCUT2D eigenvalue weighted by molar-refractivity contribution is 5.71. The molecular weight excluding hydrogens is 262 g/mol. The van der Waals surface area contributed by atoms with Crippen LogP contribution in [0.2, 0.25) is 0 Å². The number of aromatic amines is 1. The highest BCUT2D eigenvalue weighted by Gasteiger charge is 2.13. The molecule has 4 nitrogen and oxygen atoms in total. The molecule has 0 saturated carbocycles. The van der Waals surface area contributed by atoms with E-state index in [2.05, 4.69) is 21.5 Å². The maximum absolute atomic E-state index is 5.41. The Hall–Kier alpha value is -2.49. The normalized spacial score (nSPS) is 10.8. The summed E-state index contributed by atoms with van der Waals surface area (Å²) < 4.78 is 5.41. The molecule has 0 radical (unpaired) electrons. The standard InChI is InChI=1S/C17H21N3O/c1-5-14-17(18-6-2)13(11-19-14)12-20(3)15-9-7-8-10-16(15)21-4/h5-11,19H,1,12H2,2-4H3. The van der Waals surface area contributed by atoms with Gasteiger partial charge in [-0.3, -0.25) is 4.99 Å². The second-order valence-corrected chi connectivity index (χ2v) is 4.70. The Morgan fingerprint density at radius 2 is 2.14 bits per heavy atom. The molecule has 4 heteroatoms. The highest BCUT2D eigenvalue weighted by Crippen LogP contribution is 2.31. The molecular formula is C17H21N3O. The van der Waals surface area contributed by atoms with E-state index in [4.69, 9.17) is 4.74 Å². The second-order valence-electron chi connectivity index (χ2n) is 4.70. The van der Waals surface area contributed by atoms with Crippen LogP contribution in [0.5, 0.6) is 5.75 Å². The lowest BCUT2D eigenvalue weighted by atomic mass is 10.2. The molecule has 0 atom stereocenters. The fourth-order valence-electron chi connectivity index (χ4n) is 2.32. The minimum atomic E-state index is 0.734. The highest BCUT2D eigenvalue weighted by atomic mass is 16.5. The maximum atomic E-state index is 5.41. The van der Waals surface area contributed by atoms with E-state index in [1.54, 1.807) is 19.4 Å². The van der Waals surface area contributed by atoms with Crippen LogP contribution < -0.4 is 9.64 Å². The molecule has 1 N–H and O–H groups in total. The van der Waals surface area contributed by atoms with Gasteiger partial charge >= 0.3 is 0 Å². The molecule has 1 aromatic carbocycles. The second kappa shape index (κ2) is 6.79. The Labute approximate surface area is 125 Å². The molecule has 2 aromatic rings. The van der Waals surface area contributed by atoms with E-state index in [0.29, 0.717) is 0 Å². The zero-order chi connectivity index (χ0) is 15.2. The van der Waals surface area contributed by atoms with E-state index < -0.39 is 0 Å². The van der Waals surface area contributed by atoms with Crippen molar-refractivity contribution < 1.29 is 4.74 Å². The van der Waals surface area contributed by atoms with E-state index in [0.717, 1.165) is 34.9 Å². The Kier molecular flexibility index (Phi) is 4.82. The van der Waals surface area contributed by atoms with E-state index in [1.807, 2.05) is 44.4 Å². The number of nitrogens with zero attached hydrogens (tertiary/aromatic N) is 2. The quantitative estimate of drug-likeness (QED) is 0.813. The smallest absolute Gasteiger partial charge is 0.142 e. The summed E-state index contributed by atoms with van der Waals surface area (Å²) in [5.41, 5.74) is 4.05. The van der Waals surface area contributed by atoms with Crippen LogP contribution in [-0.2, 0) is 6.54 Å². The van der Waals surface area contributed by atoms with E-state index in [9.17, 15) is 0 Å². The van der Waals surface area contributed by atoms with Gasteiger partial charge in [-0.05, 0) is 25.1 Å². The number of aromatic nitrogens is 1. The maximum Gasteiger partial charge on any atom is 0.142 e. The molecule has 0 saturated heterocycles. The number of H-pyrrole nitrogens is 1. The number of aliphatic imine (C=N–C) groups is 1. The summed E-state index contributed by atoms with van der Waals surface area (Å²) in [5.74, 6) is 0.861. The van der Waals surface area contributed by atoms with Crippen molar-refractivity contribution >= 4 is 23.7 Å². The molecule has 0 unspecified atom stereocenters. The number of ether oxygens (including phenoxy) is 1. The summed E-state index contributed by atoms with van der Waals surface area (Å²) in [6, 6.07) is 7.98. The topological polar surface area (TPSA) is 40.6 Å². The number of rotatable bonds is 6. The predicted octanol–water partition coefficient (Wildman–Crippen LogP) is 4.02. The Morgan fingerprint density at radius 3 is 2.81 bits per heavy atom. The molecule has 2 rings (SSSR count). The first-order valence-corrected chi connectivity index (χ1v) is 6.86. The fraction of sp³-hybridized carbons (Fsp3) is 0.235. The number of para-hydroxylation sites is 2. The SMILES string of the molecule is C=Cc1[nH]cc(CN(C)c2ccccc2OC)c1N=CC. The molecule has 0 aliphatic carbocycles. The van der Waals surface area contributed by atoms with Crippen LogP contribution in [0.3, 0.4) is 0 Å². The molecule has 1 heterocycles. The van der Waals surface area contributed by atoms with Crippen LogP contribution >= 0.6 is 0 Å². The molecule has 1 aromatic heterocycles. The zero-order valence-corrected chi connectivity index (χ0v) is 12.8. The number of benzene rings is 1. The van der Waals surface area contributed by atoms with Crippen LogP contribution in [0.15, 0.2) is 42.0 Å². The first kappa shape index (κ1) is 14.9. The average Bonchev–Trinajstić information content (AvgIpc) is 2.89. The van der Waals surface area contributed by atoms with Crippen molar-refractivity contribution in [2.75, 3.05) is 19.1 Å². The summed E-state index contributed by atoms with van der Waals surface area (Å²) >= 11 is 0. The number of methoxy groups -OCH3 is 1. The van der Waals surface area contributed by atoms with Gasteiger partial charge in [0.15, 0.2) is 0 Å². The lowest BCUT2D eigenvalue weighted by Crippen LogP contribution is -2.16. The van der Waals surface area contributed by atoms with Crippen LogP contribution in [0.4, 0.5) is 11.4 Å². The third-order valence-electron chi connectivity index (χ3n) is 3.33. The van der Waals surface area contributed by atoms with E-state index in [-0.39, 0.29) is 0 Å². The molecule has 0 fully saturated rings. The monoisotopic (exact) mass is 283 g/mol. The van der Waals surface area contributed by atoms with Crippen LogP contribution in [0.1, 0.15) is 18.2 Å². The Balaban J connectivity index is 2.29. The minimum absolute atomic E-state index is 0.734. The van der Waals surface area contributed by atoms with Crippen molar-refractivity contribution in [2.45, 2.75) is 13.5 Å². The Bertz CT molecular complexity index is 643. The van der Waals surface area contributed by atoms with E-state index >= 15 is 0 Å². The summed E-state index contributed by atoms with van der Waals surface area (Å²) in [5, 5.41) is 0. The third kappa shape index (κ3) is 3.16. The zero-order valence-electron chi connectivity index (χ0n) is 12.8. The first-order chi connectivity index (χ1) is 10.2. The lowest BCUT2D eigenvalue weighted by molar-refractivity contribution is 0.415. The molecule has 0 spiro atoms. The number of hydrogen-bond acceptors (Lipinski definition) is 3. The average molecular weight is 283 g/mol. The van der Waals surface area contributed by atoms with Crippen molar-refractivity contribution in [1.29, 1.82) is 0 Å². The molecule has 0 amide bonds. The van der Waals surface area contributed by atoms with Crippen molar-refractivity contribution in [3.8, 4) is 5.75 Å². The van der Waals surface area contributed by atoms with Gasteiger partial charge in [0.1, 0.15) is 5.75 Å². The van der Waals surface area contributed by atoms with Gasteiger partial charge < -0.3 is 14.6 Å². The van der Waals surface area contributed by atoms with Gasteiger partial charge in [0, 0.05) is 31.6 Å². The summed E-state index contributed by atoms with van der Waals surface area (Å²) in [6.07, 6.45) is 5.56. The molecule has 0 bridgehead atoms. The van der Waals surface area contributed by atoms with Crippen molar-refractivity contribution in [2.24, 2.45) is 4.99 Å². The molecule has 0 aliphatic heterocycles. The number of anilines is 1. The number of hydrogen-bond donors (Lipinski definition) is 1. The van der Waals surface area contributed by atoms with Gasteiger partial charge in [0.05, 0.1) is 24.2 Å². The van der Waals surface area contributed by atoms with Crippen LogP contribution in [0, 0.1) is 0 Å². The van der Waals surface area contributed by atoms with Crippen molar-refractivity contribution in [3.05, 3.63) is 48.3 Å².